The van der Waals surface area contributed by atoms with E-state index in [9.17, 15) is 4.79 Å². The molecular formula is C9H12N4O. The summed E-state index contributed by atoms with van der Waals surface area (Å²) >= 11 is 0. The van der Waals surface area contributed by atoms with Crippen LogP contribution in [0.2, 0.25) is 0 Å². The molecule has 74 valence electrons. The number of carbonyl (C=O) groups is 1. The summed E-state index contributed by atoms with van der Waals surface area (Å²) in [7, 11) is 0. The molecule has 0 spiro atoms. The normalized spacial score (nSPS) is 15.7. The van der Waals surface area contributed by atoms with Crippen molar-refractivity contribution < 1.29 is 4.79 Å². The van der Waals surface area contributed by atoms with Gasteiger partial charge in [-0.2, -0.15) is 0 Å². The van der Waals surface area contributed by atoms with Gasteiger partial charge in [0.05, 0.1) is 17.9 Å². The predicted octanol–water partition coefficient (Wildman–Crippen LogP) is 0.175. The van der Waals surface area contributed by atoms with E-state index in [-0.39, 0.29) is 12.1 Å². The lowest BCUT2D eigenvalue weighted by molar-refractivity contribution is 0.243. The van der Waals surface area contributed by atoms with Crippen LogP contribution in [0.4, 0.5) is 10.5 Å². The first-order chi connectivity index (χ1) is 6.84. The molecule has 0 aromatic carbocycles. The Morgan fingerprint density at radius 1 is 1.57 bits per heavy atom. The summed E-state index contributed by atoms with van der Waals surface area (Å²) in [6.45, 7) is 1.70. The highest BCUT2D eigenvalue weighted by atomic mass is 16.2. The zero-order valence-corrected chi connectivity index (χ0v) is 7.66. The van der Waals surface area contributed by atoms with Crippen LogP contribution in [-0.4, -0.2) is 30.1 Å². The van der Waals surface area contributed by atoms with Gasteiger partial charge in [0, 0.05) is 19.3 Å². The second-order valence-corrected chi connectivity index (χ2v) is 3.20. The number of amides is 2. The summed E-state index contributed by atoms with van der Waals surface area (Å²) in [5.41, 5.74) is 0.706. The molecule has 1 aromatic heterocycles. The van der Waals surface area contributed by atoms with Crippen LogP contribution in [0.15, 0.2) is 24.5 Å². The lowest BCUT2D eigenvalue weighted by Crippen LogP contribution is -2.57. The first kappa shape index (κ1) is 8.96. The van der Waals surface area contributed by atoms with Crippen molar-refractivity contribution in [3.63, 3.8) is 0 Å². The number of pyridine rings is 1. The molecule has 0 unspecified atom stereocenters. The van der Waals surface area contributed by atoms with Crippen LogP contribution in [0.1, 0.15) is 0 Å². The number of nitrogens with zero attached hydrogens (tertiary/aromatic N) is 1. The molecule has 1 fully saturated rings. The Balaban J connectivity index is 1.82. The van der Waals surface area contributed by atoms with E-state index in [1.54, 1.807) is 24.5 Å². The minimum absolute atomic E-state index is 0.176. The van der Waals surface area contributed by atoms with Crippen molar-refractivity contribution in [3.05, 3.63) is 24.5 Å². The van der Waals surface area contributed by atoms with Crippen molar-refractivity contribution in [1.82, 2.24) is 15.6 Å². The molecule has 2 heterocycles. The van der Waals surface area contributed by atoms with Crippen molar-refractivity contribution in [2.24, 2.45) is 0 Å². The van der Waals surface area contributed by atoms with E-state index in [1.165, 1.54) is 0 Å². The molecule has 14 heavy (non-hydrogen) atoms. The standard InChI is InChI=1S/C9H12N4O/c14-9(13-8-5-11-6-8)12-7-2-1-3-10-4-7/h1-4,8,11H,5-6H2,(H2,12,13,14). The molecule has 0 atom stereocenters. The highest BCUT2D eigenvalue weighted by Gasteiger charge is 2.18. The summed E-state index contributed by atoms with van der Waals surface area (Å²) in [6, 6.07) is 3.66. The molecule has 0 saturated carbocycles. The van der Waals surface area contributed by atoms with Gasteiger partial charge in [-0.3, -0.25) is 4.98 Å². The largest absolute Gasteiger partial charge is 0.333 e. The van der Waals surface area contributed by atoms with Crippen molar-refractivity contribution >= 4 is 11.7 Å². The molecule has 0 bridgehead atoms. The van der Waals surface area contributed by atoms with E-state index < -0.39 is 0 Å². The van der Waals surface area contributed by atoms with Crippen LogP contribution in [-0.2, 0) is 0 Å². The van der Waals surface area contributed by atoms with Crippen molar-refractivity contribution in [2.75, 3.05) is 18.4 Å². The number of urea groups is 1. The van der Waals surface area contributed by atoms with Crippen LogP contribution < -0.4 is 16.0 Å². The number of hydrogen-bond acceptors (Lipinski definition) is 3. The van der Waals surface area contributed by atoms with Crippen LogP contribution >= 0.6 is 0 Å². The monoisotopic (exact) mass is 192 g/mol. The number of anilines is 1. The number of aromatic nitrogens is 1. The zero-order valence-electron chi connectivity index (χ0n) is 7.66. The van der Waals surface area contributed by atoms with Gasteiger partial charge >= 0.3 is 6.03 Å². The average Bonchev–Trinajstić information content (AvgIpc) is 2.13. The Kier molecular flexibility index (Phi) is 2.60. The molecule has 0 aliphatic carbocycles. The lowest BCUT2D eigenvalue weighted by Gasteiger charge is -2.27. The van der Waals surface area contributed by atoms with Gasteiger partial charge in [0.25, 0.3) is 0 Å². The minimum Gasteiger partial charge on any atom is -0.333 e. The summed E-state index contributed by atoms with van der Waals surface area (Å²) in [5, 5.41) is 8.60. The fourth-order valence-electron chi connectivity index (χ4n) is 1.18. The van der Waals surface area contributed by atoms with Gasteiger partial charge in [-0.05, 0) is 12.1 Å². The molecule has 5 heteroatoms. The Hall–Kier alpha value is -1.62. The van der Waals surface area contributed by atoms with E-state index in [0.717, 1.165) is 13.1 Å². The number of carbonyl (C=O) groups excluding carboxylic acids is 1. The van der Waals surface area contributed by atoms with Gasteiger partial charge < -0.3 is 16.0 Å². The van der Waals surface area contributed by atoms with E-state index in [2.05, 4.69) is 20.9 Å². The van der Waals surface area contributed by atoms with E-state index in [0.29, 0.717) is 5.69 Å². The maximum absolute atomic E-state index is 11.3. The summed E-state index contributed by atoms with van der Waals surface area (Å²) in [4.78, 5) is 15.2. The third-order valence-corrected chi connectivity index (χ3v) is 2.04. The third kappa shape index (κ3) is 2.20. The van der Waals surface area contributed by atoms with Gasteiger partial charge in [0.15, 0.2) is 0 Å². The third-order valence-electron chi connectivity index (χ3n) is 2.04. The number of nitrogens with one attached hydrogen (secondary N) is 3. The highest BCUT2D eigenvalue weighted by Crippen LogP contribution is 2.02. The van der Waals surface area contributed by atoms with E-state index >= 15 is 0 Å². The molecule has 3 N–H and O–H groups in total. The van der Waals surface area contributed by atoms with Crippen molar-refractivity contribution in [1.29, 1.82) is 0 Å². The molecule has 1 aromatic rings. The Bertz CT molecular complexity index is 310. The maximum atomic E-state index is 11.3. The quantitative estimate of drug-likeness (QED) is 0.626. The topological polar surface area (TPSA) is 66.0 Å². The minimum atomic E-state index is -0.176. The van der Waals surface area contributed by atoms with Crippen LogP contribution in [0.3, 0.4) is 0 Å². The summed E-state index contributed by atoms with van der Waals surface area (Å²) < 4.78 is 0. The van der Waals surface area contributed by atoms with Gasteiger partial charge in [-0.1, -0.05) is 0 Å². The SMILES string of the molecule is O=C(Nc1cccnc1)NC1CNC1. The lowest BCUT2D eigenvalue weighted by atomic mass is 10.2. The fraction of sp³-hybridized carbons (Fsp3) is 0.333. The Labute approximate surface area is 81.9 Å². The van der Waals surface area contributed by atoms with Crippen molar-refractivity contribution in [3.8, 4) is 0 Å². The van der Waals surface area contributed by atoms with Crippen LogP contribution in [0, 0.1) is 0 Å². The fourth-order valence-corrected chi connectivity index (χ4v) is 1.18. The summed E-state index contributed by atoms with van der Waals surface area (Å²) in [5.74, 6) is 0. The molecular weight excluding hydrogens is 180 g/mol. The smallest absolute Gasteiger partial charge is 0.319 e. The Morgan fingerprint density at radius 3 is 3.00 bits per heavy atom. The molecule has 1 aliphatic heterocycles. The van der Waals surface area contributed by atoms with E-state index in [1.807, 2.05) is 0 Å². The molecule has 1 aliphatic rings. The first-order valence-corrected chi connectivity index (χ1v) is 4.53. The molecule has 2 amide bonds. The Morgan fingerprint density at radius 2 is 2.43 bits per heavy atom. The molecule has 2 rings (SSSR count). The molecule has 0 radical (unpaired) electrons. The van der Waals surface area contributed by atoms with Crippen molar-refractivity contribution in [2.45, 2.75) is 6.04 Å². The second-order valence-electron chi connectivity index (χ2n) is 3.20. The van der Waals surface area contributed by atoms with Gasteiger partial charge in [0.2, 0.25) is 0 Å². The maximum Gasteiger partial charge on any atom is 0.319 e. The van der Waals surface area contributed by atoms with Crippen LogP contribution in [0.5, 0.6) is 0 Å². The number of rotatable bonds is 2. The van der Waals surface area contributed by atoms with Crippen LogP contribution in [0.25, 0.3) is 0 Å². The summed E-state index contributed by atoms with van der Waals surface area (Å²) in [6.07, 6.45) is 3.28. The predicted molar refractivity (Wildman–Crippen MR) is 53.0 cm³/mol. The van der Waals surface area contributed by atoms with E-state index in [4.69, 9.17) is 0 Å². The molecule has 5 nitrogen and oxygen atoms in total. The number of hydrogen-bond donors (Lipinski definition) is 3. The molecule has 1 saturated heterocycles. The van der Waals surface area contributed by atoms with Gasteiger partial charge in [-0.25, -0.2) is 4.79 Å². The second kappa shape index (κ2) is 4.06. The highest BCUT2D eigenvalue weighted by molar-refractivity contribution is 5.89. The van der Waals surface area contributed by atoms with Gasteiger partial charge in [0.1, 0.15) is 0 Å². The average molecular weight is 192 g/mol. The zero-order chi connectivity index (χ0) is 9.80. The first-order valence-electron chi connectivity index (χ1n) is 4.53. The van der Waals surface area contributed by atoms with Gasteiger partial charge in [-0.15, -0.1) is 0 Å².